The molecule has 3 heterocycles. The van der Waals surface area contributed by atoms with Crippen molar-refractivity contribution in [1.29, 1.82) is 0 Å². The maximum atomic E-state index is 13.6. The van der Waals surface area contributed by atoms with Crippen LogP contribution in [0.15, 0.2) is 70.2 Å². The molecule has 2 aromatic carbocycles. The highest BCUT2D eigenvalue weighted by molar-refractivity contribution is 7.89. The molecule has 0 bridgehead atoms. The van der Waals surface area contributed by atoms with E-state index < -0.39 is 21.8 Å². The van der Waals surface area contributed by atoms with Gasteiger partial charge in [0.1, 0.15) is 5.76 Å². The first-order chi connectivity index (χ1) is 17.1. The van der Waals surface area contributed by atoms with Gasteiger partial charge < -0.3 is 9.32 Å². The predicted octanol–water partition coefficient (Wildman–Crippen LogP) is 5.12. The zero-order valence-corrected chi connectivity index (χ0v) is 20.4. The highest BCUT2D eigenvalue weighted by Crippen LogP contribution is 2.35. The van der Waals surface area contributed by atoms with Gasteiger partial charge in [-0.2, -0.15) is 22.6 Å². The monoisotopic (exact) mass is 518 g/mol. The minimum absolute atomic E-state index is 0.0693. The molecule has 0 unspecified atom stereocenters. The predicted molar refractivity (Wildman–Crippen MR) is 129 cm³/mol. The Hall–Kier alpha value is -3.31. The summed E-state index contributed by atoms with van der Waals surface area (Å²) in [5, 5.41) is 5.26. The van der Waals surface area contributed by atoms with Crippen LogP contribution in [0.3, 0.4) is 0 Å². The van der Waals surface area contributed by atoms with Crippen LogP contribution in [0, 0.1) is 0 Å². The molecule has 0 aliphatic carbocycles. The summed E-state index contributed by atoms with van der Waals surface area (Å²) >= 11 is 0. The summed E-state index contributed by atoms with van der Waals surface area (Å²) in [6.07, 6.45) is -1.07. The molecule has 11 heteroatoms. The van der Waals surface area contributed by atoms with E-state index in [9.17, 15) is 21.6 Å². The lowest BCUT2D eigenvalue weighted by Gasteiger charge is -2.17. The van der Waals surface area contributed by atoms with Crippen LogP contribution in [0.5, 0.6) is 0 Å². The summed E-state index contributed by atoms with van der Waals surface area (Å²) in [4.78, 5) is 2.14. The fourth-order valence-electron chi connectivity index (χ4n) is 4.57. The zero-order valence-electron chi connectivity index (χ0n) is 19.6. The van der Waals surface area contributed by atoms with Crippen molar-refractivity contribution in [2.45, 2.75) is 37.0 Å². The lowest BCUT2D eigenvalue weighted by Crippen LogP contribution is -2.26. The minimum atomic E-state index is -4.49. The number of fused-ring (bicyclic) bond motifs is 1. The molecule has 7 nitrogen and oxygen atoms in total. The maximum Gasteiger partial charge on any atom is 0.416 e. The molecule has 190 valence electrons. The Morgan fingerprint density at radius 1 is 1.06 bits per heavy atom. The lowest BCUT2D eigenvalue weighted by atomic mass is 10.1. The van der Waals surface area contributed by atoms with Gasteiger partial charge in [0.25, 0.3) is 0 Å². The quantitative estimate of drug-likeness (QED) is 0.340. The van der Waals surface area contributed by atoms with Crippen molar-refractivity contribution >= 4 is 26.7 Å². The molecular formula is C25H25F3N4O3S. The van der Waals surface area contributed by atoms with Crippen molar-refractivity contribution < 1.29 is 26.0 Å². The molecule has 0 N–H and O–H groups in total. The van der Waals surface area contributed by atoms with Crippen molar-refractivity contribution in [3.8, 4) is 0 Å². The lowest BCUT2D eigenvalue weighted by molar-refractivity contribution is -0.138. The number of halogens is 3. The van der Waals surface area contributed by atoms with Crippen LogP contribution in [-0.2, 0) is 29.3 Å². The molecule has 2 aromatic heterocycles. The van der Waals surface area contributed by atoms with E-state index in [1.807, 2.05) is 0 Å². The minimum Gasteiger partial charge on any atom is -0.468 e. The van der Waals surface area contributed by atoms with Crippen LogP contribution in [0.2, 0.25) is 0 Å². The van der Waals surface area contributed by atoms with Crippen LogP contribution < -0.4 is 4.90 Å². The Morgan fingerprint density at radius 3 is 2.50 bits per heavy atom. The molecule has 1 aliphatic heterocycles. The summed E-state index contributed by atoms with van der Waals surface area (Å²) in [7, 11) is -2.38. The third kappa shape index (κ3) is 4.60. The van der Waals surface area contributed by atoms with E-state index in [1.165, 1.54) is 40.5 Å². The van der Waals surface area contributed by atoms with Gasteiger partial charge in [-0.3, -0.25) is 4.68 Å². The molecule has 1 saturated heterocycles. The molecule has 0 atom stereocenters. The largest absolute Gasteiger partial charge is 0.468 e. The van der Waals surface area contributed by atoms with E-state index in [-0.39, 0.29) is 23.5 Å². The number of hydrogen-bond acceptors (Lipinski definition) is 5. The van der Waals surface area contributed by atoms with Crippen LogP contribution in [0.4, 0.5) is 19.0 Å². The fraction of sp³-hybridized carbons (Fsp3) is 0.320. The van der Waals surface area contributed by atoms with E-state index in [4.69, 9.17) is 4.42 Å². The molecule has 0 spiro atoms. The maximum absolute atomic E-state index is 13.6. The number of furan rings is 1. The number of hydrogen-bond donors (Lipinski definition) is 0. The van der Waals surface area contributed by atoms with Crippen LogP contribution in [-0.4, -0.2) is 42.6 Å². The van der Waals surface area contributed by atoms with Gasteiger partial charge in [0.05, 0.1) is 35.3 Å². The molecule has 0 radical (unpaired) electrons. The normalized spacial score (nSPS) is 14.9. The Bertz CT molecular complexity index is 1470. The number of aromatic nitrogens is 2. The Kier molecular flexibility index (Phi) is 6.29. The molecule has 5 rings (SSSR count). The van der Waals surface area contributed by atoms with Crippen LogP contribution in [0.1, 0.15) is 29.7 Å². The van der Waals surface area contributed by atoms with Gasteiger partial charge in [-0.15, -0.1) is 0 Å². The molecule has 0 amide bonds. The van der Waals surface area contributed by atoms with Gasteiger partial charge in [0.15, 0.2) is 5.82 Å². The second-order valence-electron chi connectivity index (χ2n) is 8.85. The van der Waals surface area contributed by atoms with Crippen molar-refractivity contribution in [2.75, 3.05) is 25.0 Å². The van der Waals surface area contributed by atoms with Gasteiger partial charge in [0, 0.05) is 25.5 Å². The van der Waals surface area contributed by atoms with Crippen molar-refractivity contribution in [3.63, 3.8) is 0 Å². The van der Waals surface area contributed by atoms with Crippen molar-refractivity contribution in [3.05, 3.63) is 77.7 Å². The molecular weight excluding hydrogens is 493 g/mol. The third-order valence-electron chi connectivity index (χ3n) is 6.42. The van der Waals surface area contributed by atoms with E-state index in [2.05, 4.69) is 10.00 Å². The molecule has 1 fully saturated rings. The summed E-state index contributed by atoms with van der Waals surface area (Å²) in [5.74, 6) is 1.09. The Balaban J connectivity index is 1.57. The second kappa shape index (κ2) is 9.29. The Morgan fingerprint density at radius 2 is 1.81 bits per heavy atom. The fourth-order valence-corrected chi connectivity index (χ4v) is 5.73. The van der Waals surface area contributed by atoms with Crippen LogP contribution >= 0.6 is 0 Å². The Labute approximate surface area is 206 Å². The van der Waals surface area contributed by atoms with Gasteiger partial charge in [-0.05, 0) is 54.8 Å². The third-order valence-corrected chi connectivity index (χ3v) is 8.22. The van der Waals surface area contributed by atoms with E-state index in [1.54, 1.807) is 30.3 Å². The van der Waals surface area contributed by atoms with E-state index in [0.29, 0.717) is 22.5 Å². The van der Waals surface area contributed by atoms with Crippen molar-refractivity contribution in [1.82, 2.24) is 14.1 Å². The number of sulfonamides is 1. The molecule has 1 aliphatic rings. The van der Waals surface area contributed by atoms with Gasteiger partial charge in [-0.1, -0.05) is 18.2 Å². The van der Waals surface area contributed by atoms with Gasteiger partial charge in [0.2, 0.25) is 10.0 Å². The molecule has 4 aromatic rings. The first kappa shape index (κ1) is 24.4. The molecule has 0 saturated carbocycles. The number of nitrogens with zero attached hydrogens (tertiary/aromatic N) is 4. The van der Waals surface area contributed by atoms with E-state index in [0.717, 1.165) is 32.0 Å². The summed E-state index contributed by atoms with van der Waals surface area (Å²) < 4.78 is 75.4. The summed E-state index contributed by atoms with van der Waals surface area (Å²) in [5.41, 5.74) is -0.0473. The van der Waals surface area contributed by atoms with E-state index >= 15 is 0 Å². The SMILES string of the molecule is CN(Cc1ccco1)S(=O)(=O)c1ccc2c(c1)c(N1CCCC1)nn2Cc1ccccc1C(F)(F)F. The van der Waals surface area contributed by atoms with Gasteiger partial charge in [-0.25, -0.2) is 8.42 Å². The second-order valence-corrected chi connectivity index (χ2v) is 10.9. The zero-order chi connectivity index (χ0) is 25.5. The average molecular weight is 519 g/mol. The first-order valence-electron chi connectivity index (χ1n) is 11.5. The standard InChI is InChI=1S/C25H25F3N4O3S/c1-30(17-19-8-6-14-35-19)36(33,34)20-10-11-23-21(15-20)24(31-12-4-5-13-31)29-32(23)16-18-7-2-3-9-22(18)25(26,27)28/h2-3,6-11,14-15H,4-5,12-13,16-17H2,1H3. The van der Waals surface area contributed by atoms with Crippen molar-refractivity contribution in [2.24, 2.45) is 0 Å². The number of rotatable bonds is 7. The first-order valence-corrected chi connectivity index (χ1v) is 13.0. The summed E-state index contributed by atoms with van der Waals surface area (Å²) in [6.45, 7) is 1.48. The highest BCUT2D eigenvalue weighted by Gasteiger charge is 2.33. The highest BCUT2D eigenvalue weighted by atomic mass is 32.2. The van der Waals surface area contributed by atoms with Crippen LogP contribution in [0.25, 0.3) is 10.9 Å². The summed E-state index contributed by atoms with van der Waals surface area (Å²) in [6, 6.07) is 13.5. The van der Waals surface area contributed by atoms with Gasteiger partial charge >= 0.3 is 6.18 Å². The number of alkyl halides is 3. The topological polar surface area (TPSA) is 71.6 Å². The average Bonchev–Trinajstić information content (AvgIpc) is 3.60. The number of benzene rings is 2. The molecule has 36 heavy (non-hydrogen) atoms. The smallest absolute Gasteiger partial charge is 0.416 e. The number of anilines is 1.